The molecule has 1 fully saturated rings. The number of nitrogens with zero attached hydrogens (tertiary/aromatic N) is 2. The molecule has 6 heteroatoms. The monoisotopic (exact) mass is 406 g/mol. The number of carbonyl (C=O) groups is 1. The number of anilines is 2. The molecule has 0 saturated carbocycles. The van der Waals surface area contributed by atoms with Gasteiger partial charge in [-0.15, -0.1) is 0 Å². The van der Waals surface area contributed by atoms with Gasteiger partial charge in [0, 0.05) is 18.7 Å². The number of hydrogen-bond donors (Lipinski definition) is 0. The van der Waals surface area contributed by atoms with Gasteiger partial charge >= 0.3 is 0 Å². The smallest absolute Gasteiger partial charge is 0.264 e. The average molecular weight is 407 g/mol. The second-order valence-corrected chi connectivity index (χ2v) is 8.84. The third-order valence-electron chi connectivity index (χ3n) is 5.02. The van der Waals surface area contributed by atoms with E-state index in [4.69, 9.17) is 0 Å². The lowest BCUT2D eigenvalue weighted by atomic mass is 10.2. The van der Waals surface area contributed by atoms with Crippen molar-refractivity contribution in [2.45, 2.75) is 24.3 Å². The van der Waals surface area contributed by atoms with Gasteiger partial charge in [0.15, 0.2) is 0 Å². The Hall–Kier alpha value is -3.12. The Kier molecular flexibility index (Phi) is 5.36. The zero-order valence-corrected chi connectivity index (χ0v) is 16.8. The quantitative estimate of drug-likeness (QED) is 0.616. The van der Waals surface area contributed by atoms with Crippen LogP contribution in [0.15, 0.2) is 89.8 Å². The molecular weight excluding hydrogens is 384 g/mol. The maximum Gasteiger partial charge on any atom is 0.264 e. The highest BCUT2D eigenvalue weighted by Crippen LogP contribution is 2.28. The molecule has 5 nitrogen and oxygen atoms in total. The molecule has 0 aromatic heterocycles. The van der Waals surface area contributed by atoms with Crippen molar-refractivity contribution in [2.24, 2.45) is 0 Å². The predicted molar refractivity (Wildman–Crippen MR) is 114 cm³/mol. The maximum absolute atomic E-state index is 13.5. The van der Waals surface area contributed by atoms with Crippen LogP contribution in [0.4, 0.5) is 11.4 Å². The van der Waals surface area contributed by atoms with Crippen molar-refractivity contribution in [1.82, 2.24) is 0 Å². The first-order chi connectivity index (χ1) is 14.1. The van der Waals surface area contributed by atoms with Crippen LogP contribution in [0.3, 0.4) is 0 Å². The number of rotatable bonds is 6. The summed E-state index contributed by atoms with van der Waals surface area (Å²) in [6, 6.07) is 25.2. The van der Waals surface area contributed by atoms with Crippen molar-refractivity contribution in [2.75, 3.05) is 15.7 Å². The van der Waals surface area contributed by atoms with Gasteiger partial charge in [0.05, 0.1) is 17.1 Å². The number of benzene rings is 3. The lowest BCUT2D eigenvalue weighted by Crippen LogP contribution is -2.30. The largest absolute Gasteiger partial charge is 0.312 e. The van der Waals surface area contributed by atoms with Crippen LogP contribution in [0.1, 0.15) is 18.4 Å². The second-order valence-electron chi connectivity index (χ2n) is 6.98. The number of hydrogen-bond acceptors (Lipinski definition) is 3. The fraction of sp³-hybridized carbons (Fsp3) is 0.174. The minimum absolute atomic E-state index is 0.0793. The Bertz CT molecular complexity index is 1080. The number of carbonyl (C=O) groups excluding carboxylic acids is 1. The van der Waals surface area contributed by atoms with Crippen molar-refractivity contribution in [3.05, 3.63) is 90.5 Å². The van der Waals surface area contributed by atoms with Gasteiger partial charge in [0.2, 0.25) is 5.91 Å². The van der Waals surface area contributed by atoms with E-state index in [1.165, 1.54) is 4.31 Å². The standard InChI is InChI=1S/C23H22N2O3S/c26-23-12-7-17-24(23)20-13-15-22(16-14-20)29(27,28)25(21-10-5-2-6-11-21)18-19-8-3-1-4-9-19/h1-6,8-11,13-16H,7,12,17-18H2. The normalized spacial score (nSPS) is 14.2. The van der Waals surface area contributed by atoms with Gasteiger partial charge in [0.1, 0.15) is 0 Å². The van der Waals surface area contributed by atoms with Crippen molar-refractivity contribution >= 4 is 27.3 Å². The van der Waals surface area contributed by atoms with Crippen molar-refractivity contribution in [1.29, 1.82) is 0 Å². The molecule has 29 heavy (non-hydrogen) atoms. The highest BCUT2D eigenvalue weighted by Gasteiger charge is 2.26. The first kappa shape index (κ1) is 19.2. The van der Waals surface area contributed by atoms with Crippen LogP contribution >= 0.6 is 0 Å². The van der Waals surface area contributed by atoms with Crippen molar-refractivity contribution in [3.8, 4) is 0 Å². The zero-order valence-electron chi connectivity index (χ0n) is 15.9. The van der Waals surface area contributed by atoms with Crippen LogP contribution in [0.2, 0.25) is 0 Å². The predicted octanol–water partition coefficient (Wildman–Crippen LogP) is 4.21. The minimum Gasteiger partial charge on any atom is -0.312 e. The molecule has 1 saturated heterocycles. The van der Waals surface area contributed by atoms with Crippen molar-refractivity contribution in [3.63, 3.8) is 0 Å². The molecular formula is C23H22N2O3S. The molecule has 0 atom stereocenters. The van der Waals surface area contributed by atoms with E-state index in [9.17, 15) is 13.2 Å². The average Bonchev–Trinajstić information content (AvgIpc) is 3.19. The van der Waals surface area contributed by atoms with E-state index < -0.39 is 10.0 Å². The molecule has 0 radical (unpaired) electrons. The van der Waals surface area contributed by atoms with E-state index >= 15 is 0 Å². The van der Waals surface area contributed by atoms with E-state index in [1.54, 1.807) is 41.3 Å². The summed E-state index contributed by atoms with van der Waals surface area (Å²) in [5.74, 6) is 0.0793. The molecule has 0 unspecified atom stereocenters. The number of amides is 1. The third kappa shape index (κ3) is 4.03. The van der Waals surface area contributed by atoms with Gasteiger partial charge in [-0.05, 0) is 48.4 Å². The fourth-order valence-electron chi connectivity index (χ4n) is 3.50. The summed E-state index contributed by atoms with van der Waals surface area (Å²) in [7, 11) is -3.78. The summed E-state index contributed by atoms with van der Waals surface area (Å²) in [6.07, 6.45) is 1.37. The first-order valence-electron chi connectivity index (χ1n) is 9.58. The highest BCUT2D eigenvalue weighted by atomic mass is 32.2. The van der Waals surface area contributed by atoms with Crippen molar-refractivity contribution < 1.29 is 13.2 Å². The Balaban J connectivity index is 1.68. The second kappa shape index (κ2) is 8.09. The summed E-state index contributed by atoms with van der Waals surface area (Å²) in [5, 5.41) is 0. The molecule has 4 rings (SSSR count). The van der Waals surface area contributed by atoms with E-state index in [1.807, 2.05) is 48.5 Å². The van der Waals surface area contributed by atoms with E-state index in [-0.39, 0.29) is 17.3 Å². The van der Waals surface area contributed by atoms with Gasteiger partial charge in [-0.2, -0.15) is 0 Å². The molecule has 3 aromatic carbocycles. The molecule has 3 aromatic rings. The van der Waals surface area contributed by atoms with Gasteiger partial charge < -0.3 is 4.90 Å². The van der Waals surface area contributed by atoms with Crippen LogP contribution in [0.25, 0.3) is 0 Å². The van der Waals surface area contributed by atoms with Gasteiger partial charge in [-0.25, -0.2) is 8.42 Å². The minimum atomic E-state index is -3.78. The van der Waals surface area contributed by atoms with E-state index in [2.05, 4.69) is 0 Å². The Morgan fingerprint density at radius 1 is 0.828 bits per heavy atom. The highest BCUT2D eigenvalue weighted by molar-refractivity contribution is 7.92. The maximum atomic E-state index is 13.5. The van der Waals surface area contributed by atoms with E-state index in [0.29, 0.717) is 18.7 Å². The van der Waals surface area contributed by atoms with Crippen LogP contribution in [-0.2, 0) is 21.4 Å². The van der Waals surface area contributed by atoms with Gasteiger partial charge in [-0.3, -0.25) is 9.10 Å². The summed E-state index contributed by atoms with van der Waals surface area (Å²) in [6.45, 7) is 0.911. The summed E-state index contributed by atoms with van der Waals surface area (Å²) in [4.78, 5) is 13.9. The zero-order chi connectivity index (χ0) is 20.3. The van der Waals surface area contributed by atoms with Crippen LogP contribution in [0, 0.1) is 0 Å². The van der Waals surface area contributed by atoms with Crippen LogP contribution in [-0.4, -0.2) is 20.9 Å². The Morgan fingerprint density at radius 3 is 2.03 bits per heavy atom. The van der Waals surface area contributed by atoms with E-state index in [0.717, 1.165) is 17.7 Å². The SMILES string of the molecule is O=C1CCCN1c1ccc(S(=O)(=O)N(Cc2ccccc2)c2ccccc2)cc1. The molecule has 148 valence electrons. The molecule has 0 aliphatic carbocycles. The molecule has 1 aliphatic rings. The van der Waals surface area contributed by atoms with Crippen LogP contribution < -0.4 is 9.21 Å². The molecule has 1 amide bonds. The molecule has 1 aliphatic heterocycles. The Morgan fingerprint density at radius 2 is 1.45 bits per heavy atom. The topological polar surface area (TPSA) is 57.7 Å². The Labute approximate surface area is 171 Å². The number of sulfonamides is 1. The fourth-order valence-corrected chi connectivity index (χ4v) is 4.96. The molecule has 0 N–H and O–H groups in total. The van der Waals surface area contributed by atoms with Gasteiger partial charge in [0.25, 0.3) is 10.0 Å². The summed E-state index contributed by atoms with van der Waals surface area (Å²) < 4.78 is 28.4. The summed E-state index contributed by atoms with van der Waals surface area (Å²) in [5.41, 5.74) is 2.25. The molecule has 0 bridgehead atoms. The third-order valence-corrected chi connectivity index (χ3v) is 6.81. The molecule has 1 heterocycles. The lowest BCUT2D eigenvalue weighted by Gasteiger charge is -2.25. The lowest BCUT2D eigenvalue weighted by molar-refractivity contribution is -0.117. The molecule has 0 spiro atoms. The van der Waals surface area contributed by atoms with Gasteiger partial charge in [-0.1, -0.05) is 48.5 Å². The first-order valence-corrected chi connectivity index (χ1v) is 11.0. The number of para-hydroxylation sites is 1. The van der Waals surface area contributed by atoms with Crippen LogP contribution in [0.5, 0.6) is 0 Å². The summed E-state index contributed by atoms with van der Waals surface area (Å²) >= 11 is 0.